The van der Waals surface area contributed by atoms with E-state index in [0.717, 1.165) is 5.92 Å². The molecule has 0 amide bonds. The molecule has 1 aliphatic heterocycles. The van der Waals surface area contributed by atoms with Crippen molar-refractivity contribution < 1.29 is 0 Å². The van der Waals surface area contributed by atoms with Crippen LogP contribution in [0.1, 0.15) is 48.9 Å². The summed E-state index contributed by atoms with van der Waals surface area (Å²) < 4.78 is 0. The number of likely N-dealkylation sites (tertiary alicyclic amines) is 1. The minimum Gasteiger partial charge on any atom is -0.326 e. The Morgan fingerprint density at radius 3 is 2.83 bits per heavy atom. The van der Waals surface area contributed by atoms with Gasteiger partial charge in [0.25, 0.3) is 0 Å². The maximum absolute atomic E-state index is 6.24. The van der Waals surface area contributed by atoms with Crippen molar-refractivity contribution in [2.45, 2.75) is 52.1 Å². The summed E-state index contributed by atoms with van der Waals surface area (Å²) >= 11 is 1.90. The fraction of sp³-hybridized carbons (Fsp3) is 0.733. The van der Waals surface area contributed by atoms with Crippen LogP contribution >= 0.6 is 11.3 Å². The second-order valence-electron chi connectivity index (χ2n) is 5.69. The molecule has 1 aromatic heterocycles. The third-order valence-corrected chi connectivity index (χ3v) is 5.03. The van der Waals surface area contributed by atoms with Gasteiger partial charge >= 0.3 is 0 Å². The number of nitrogens with zero attached hydrogens (tertiary/aromatic N) is 1. The largest absolute Gasteiger partial charge is 0.326 e. The van der Waals surface area contributed by atoms with Crippen molar-refractivity contribution in [2.75, 3.05) is 13.1 Å². The van der Waals surface area contributed by atoms with Gasteiger partial charge in [-0.3, -0.25) is 4.90 Å². The first-order chi connectivity index (χ1) is 8.61. The number of nitrogens with two attached hydrogens (primary N) is 1. The molecule has 2 heterocycles. The van der Waals surface area contributed by atoms with E-state index in [0.29, 0.717) is 6.04 Å². The summed E-state index contributed by atoms with van der Waals surface area (Å²) in [6.07, 6.45) is 4.02. The minimum atomic E-state index is 0.212. The first-order valence-corrected chi connectivity index (χ1v) is 7.99. The Labute approximate surface area is 115 Å². The topological polar surface area (TPSA) is 29.3 Å². The van der Waals surface area contributed by atoms with Crippen LogP contribution in [0.5, 0.6) is 0 Å². The lowest BCUT2D eigenvalue weighted by molar-refractivity contribution is 0.213. The van der Waals surface area contributed by atoms with Crippen molar-refractivity contribution in [3.05, 3.63) is 21.9 Å². The Morgan fingerprint density at radius 1 is 1.50 bits per heavy atom. The van der Waals surface area contributed by atoms with E-state index < -0.39 is 0 Å². The van der Waals surface area contributed by atoms with Gasteiger partial charge in [0.2, 0.25) is 0 Å². The van der Waals surface area contributed by atoms with Gasteiger partial charge in [-0.05, 0) is 51.3 Å². The molecule has 1 aliphatic rings. The normalized spacial score (nSPS) is 24.3. The third kappa shape index (κ3) is 3.14. The highest BCUT2D eigenvalue weighted by Crippen LogP contribution is 2.34. The molecule has 0 aliphatic carbocycles. The third-order valence-electron chi connectivity index (χ3n) is 3.96. The Bertz CT molecular complexity index is 372. The van der Waals surface area contributed by atoms with Crippen LogP contribution in [0, 0.1) is 12.8 Å². The first kappa shape index (κ1) is 14.0. The highest BCUT2D eigenvalue weighted by Gasteiger charge is 2.31. The van der Waals surface area contributed by atoms with Crippen molar-refractivity contribution >= 4 is 11.3 Å². The molecule has 2 N–H and O–H groups in total. The molecule has 0 saturated carbocycles. The van der Waals surface area contributed by atoms with E-state index in [1.165, 1.54) is 42.1 Å². The fourth-order valence-corrected chi connectivity index (χ4v) is 4.27. The van der Waals surface area contributed by atoms with Crippen LogP contribution < -0.4 is 5.73 Å². The van der Waals surface area contributed by atoms with E-state index in [-0.39, 0.29) is 6.04 Å². The molecule has 0 radical (unpaired) electrons. The second-order valence-corrected chi connectivity index (χ2v) is 7.01. The summed E-state index contributed by atoms with van der Waals surface area (Å²) in [4.78, 5) is 5.44. The molecule has 1 saturated heterocycles. The van der Waals surface area contributed by atoms with Crippen LogP contribution in [0.25, 0.3) is 0 Å². The molecule has 18 heavy (non-hydrogen) atoms. The first-order valence-electron chi connectivity index (χ1n) is 7.17. The molecule has 1 aromatic rings. The quantitative estimate of drug-likeness (QED) is 0.883. The summed E-state index contributed by atoms with van der Waals surface area (Å²) in [6.45, 7) is 9.06. The maximum Gasteiger partial charge on any atom is 0.0590 e. The van der Waals surface area contributed by atoms with Gasteiger partial charge in [0.05, 0.1) is 6.04 Å². The molecule has 0 aromatic carbocycles. The van der Waals surface area contributed by atoms with E-state index in [1.54, 1.807) is 0 Å². The smallest absolute Gasteiger partial charge is 0.0590 e. The summed E-state index contributed by atoms with van der Waals surface area (Å²) in [5, 5.41) is 0. The van der Waals surface area contributed by atoms with Crippen molar-refractivity contribution in [3.63, 3.8) is 0 Å². The summed E-state index contributed by atoms with van der Waals surface area (Å²) in [5.41, 5.74) is 6.24. The molecule has 2 nitrogen and oxygen atoms in total. The van der Waals surface area contributed by atoms with Gasteiger partial charge in [0, 0.05) is 22.3 Å². The van der Waals surface area contributed by atoms with E-state index in [9.17, 15) is 0 Å². The predicted molar refractivity (Wildman–Crippen MR) is 80.0 cm³/mol. The summed E-state index contributed by atoms with van der Waals surface area (Å²) in [5.74, 6) is 0.886. The average molecular weight is 266 g/mol. The maximum atomic E-state index is 6.24. The zero-order valence-electron chi connectivity index (χ0n) is 11.9. The van der Waals surface area contributed by atoms with Crippen molar-refractivity contribution in [1.29, 1.82) is 0 Å². The lowest BCUT2D eigenvalue weighted by Gasteiger charge is -2.30. The fourth-order valence-electron chi connectivity index (χ4n) is 3.14. The standard InChI is InChI=1S/C15H26N2S/c1-4-5-13-8-9-17(10-13)15(12(3)16)14-7-6-11(2)18-14/h6-7,12-13,15H,4-5,8-10,16H2,1-3H3. The van der Waals surface area contributed by atoms with E-state index in [4.69, 9.17) is 5.73 Å². The Kier molecular flexibility index (Phi) is 4.82. The Balaban J connectivity index is 2.07. The number of aryl methyl sites for hydroxylation is 1. The summed E-state index contributed by atoms with van der Waals surface area (Å²) in [6, 6.07) is 5.12. The number of thiophene rings is 1. The van der Waals surface area contributed by atoms with Crippen molar-refractivity contribution in [2.24, 2.45) is 11.7 Å². The number of hydrogen-bond donors (Lipinski definition) is 1. The van der Waals surface area contributed by atoms with Crippen LogP contribution in [0.2, 0.25) is 0 Å². The van der Waals surface area contributed by atoms with Gasteiger partial charge in [-0.15, -0.1) is 11.3 Å². The van der Waals surface area contributed by atoms with Gasteiger partial charge < -0.3 is 5.73 Å². The Morgan fingerprint density at radius 2 is 2.28 bits per heavy atom. The highest BCUT2D eigenvalue weighted by atomic mass is 32.1. The van der Waals surface area contributed by atoms with Gasteiger partial charge in [-0.2, -0.15) is 0 Å². The SMILES string of the molecule is CCCC1CCN(C(c2ccc(C)s2)C(C)N)C1. The minimum absolute atomic E-state index is 0.212. The van der Waals surface area contributed by atoms with Crippen LogP contribution in [-0.4, -0.2) is 24.0 Å². The molecule has 3 unspecified atom stereocenters. The van der Waals surface area contributed by atoms with E-state index in [2.05, 4.69) is 37.8 Å². The predicted octanol–water partition coefficient (Wildman–Crippen LogP) is 3.57. The van der Waals surface area contributed by atoms with Crippen LogP contribution in [0.15, 0.2) is 12.1 Å². The lowest BCUT2D eigenvalue weighted by Crippen LogP contribution is -2.37. The number of hydrogen-bond acceptors (Lipinski definition) is 3. The number of rotatable bonds is 5. The Hall–Kier alpha value is -0.380. The van der Waals surface area contributed by atoms with Gasteiger partial charge in [0.1, 0.15) is 0 Å². The molecule has 1 fully saturated rings. The van der Waals surface area contributed by atoms with Gasteiger partial charge in [0.15, 0.2) is 0 Å². The molecule has 0 spiro atoms. The molecule has 3 heteroatoms. The van der Waals surface area contributed by atoms with Crippen molar-refractivity contribution in [3.8, 4) is 0 Å². The summed E-state index contributed by atoms with van der Waals surface area (Å²) in [7, 11) is 0. The zero-order valence-corrected chi connectivity index (χ0v) is 12.7. The highest BCUT2D eigenvalue weighted by molar-refractivity contribution is 7.12. The van der Waals surface area contributed by atoms with Gasteiger partial charge in [-0.1, -0.05) is 13.3 Å². The average Bonchev–Trinajstić information content (AvgIpc) is 2.90. The molecular formula is C15H26N2S. The van der Waals surface area contributed by atoms with E-state index in [1.807, 2.05) is 11.3 Å². The van der Waals surface area contributed by atoms with E-state index >= 15 is 0 Å². The van der Waals surface area contributed by atoms with Crippen LogP contribution in [-0.2, 0) is 0 Å². The van der Waals surface area contributed by atoms with Crippen molar-refractivity contribution in [1.82, 2.24) is 4.90 Å². The van der Waals surface area contributed by atoms with Crippen LogP contribution in [0.3, 0.4) is 0 Å². The van der Waals surface area contributed by atoms with Crippen LogP contribution in [0.4, 0.5) is 0 Å². The molecule has 2 rings (SSSR count). The molecule has 102 valence electrons. The molecular weight excluding hydrogens is 240 g/mol. The lowest BCUT2D eigenvalue weighted by atomic mass is 10.0. The zero-order chi connectivity index (χ0) is 13.1. The monoisotopic (exact) mass is 266 g/mol. The second kappa shape index (κ2) is 6.18. The van der Waals surface area contributed by atoms with Gasteiger partial charge in [-0.25, -0.2) is 0 Å². The molecule has 3 atom stereocenters. The molecule has 0 bridgehead atoms.